The molecule has 168 valence electrons. The second-order valence-corrected chi connectivity index (χ2v) is 8.26. The molecule has 1 amide bonds. The van der Waals surface area contributed by atoms with Crippen molar-refractivity contribution >= 4 is 40.9 Å². The van der Waals surface area contributed by atoms with Gasteiger partial charge in [0, 0.05) is 10.7 Å². The molecule has 0 aliphatic rings. The van der Waals surface area contributed by atoms with Gasteiger partial charge in [-0.05, 0) is 79.6 Å². The van der Waals surface area contributed by atoms with Gasteiger partial charge in [-0.15, -0.1) is 0 Å². The lowest BCUT2D eigenvalue weighted by Crippen LogP contribution is -2.13. The smallest absolute Gasteiger partial charge is 0.266 e. The average Bonchev–Trinajstić information content (AvgIpc) is 2.79. The van der Waals surface area contributed by atoms with Crippen LogP contribution in [0.3, 0.4) is 0 Å². The number of carbonyl (C=O) groups excluding carboxylic acids is 1. The predicted molar refractivity (Wildman–Crippen MR) is 132 cm³/mol. The zero-order valence-electron chi connectivity index (χ0n) is 18.1. The van der Waals surface area contributed by atoms with Crippen LogP contribution in [0.5, 0.6) is 11.5 Å². The van der Waals surface area contributed by atoms with E-state index in [9.17, 15) is 10.1 Å². The van der Waals surface area contributed by atoms with Crippen LogP contribution in [0.15, 0.2) is 72.3 Å². The van der Waals surface area contributed by atoms with Crippen LogP contribution in [-0.2, 0) is 11.4 Å². The average molecular weight is 481 g/mol. The molecule has 0 saturated carbocycles. The van der Waals surface area contributed by atoms with Crippen LogP contribution in [0.2, 0.25) is 10.0 Å². The van der Waals surface area contributed by atoms with E-state index in [1.807, 2.05) is 32.0 Å². The van der Waals surface area contributed by atoms with Crippen LogP contribution in [0.25, 0.3) is 6.08 Å². The minimum atomic E-state index is -0.522. The summed E-state index contributed by atoms with van der Waals surface area (Å²) in [6, 6.07) is 21.3. The zero-order valence-corrected chi connectivity index (χ0v) is 19.7. The van der Waals surface area contributed by atoms with Crippen LogP contribution in [0.4, 0.5) is 5.69 Å². The lowest BCUT2D eigenvalue weighted by molar-refractivity contribution is -0.112. The van der Waals surface area contributed by atoms with Crippen molar-refractivity contribution in [3.8, 4) is 17.6 Å². The maximum atomic E-state index is 12.6. The topological polar surface area (TPSA) is 71.3 Å². The molecule has 0 atom stereocenters. The second kappa shape index (κ2) is 11.4. The maximum Gasteiger partial charge on any atom is 0.266 e. The van der Waals surface area contributed by atoms with E-state index in [-0.39, 0.29) is 11.7 Å². The van der Waals surface area contributed by atoms with Crippen LogP contribution in [0, 0.1) is 11.3 Å². The number of nitriles is 1. The van der Waals surface area contributed by atoms with Gasteiger partial charge in [0.15, 0.2) is 0 Å². The number of halogens is 2. The van der Waals surface area contributed by atoms with Crippen molar-refractivity contribution < 1.29 is 14.3 Å². The number of nitrogens with zero attached hydrogens (tertiary/aromatic N) is 1. The minimum absolute atomic E-state index is 0.0152. The number of ether oxygens (including phenoxy) is 2. The van der Waals surface area contributed by atoms with Gasteiger partial charge in [-0.2, -0.15) is 5.26 Å². The first-order chi connectivity index (χ1) is 15.8. The molecule has 0 fully saturated rings. The Morgan fingerprint density at radius 2 is 1.76 bits per heavy atom. The molecule has 0 heterocycles. The van der Waals surface area contributed by atoms with Gasteiger partial charge in [-0.3, -0.25) is 4.79 Å². The van der Waals surface area contributed by atoms with E-state index in [0.29, 0.717) is 39.4 Å². The van der Waals surface area contributed by atoms with E-state index < -0.39 is 5.91 Å². The maximum absolute atomic E-state index is 12.6. The third kappa shape index (κ3) is 7.28. The van der Waals surface area contributed by atoms with Gasteiger partial charge in [-0.1, -0.05) is 41.4 Å². The van der Waals surface area contributed by atoms with E-state index in [4.69, 9.17) is 32.7 Å². The summed E-state index contributed by atoms with van der Waals surface area (Å²) < 4.78 is 11.3. The summed E-state index contributed by atoms with van der Waals surface area (Å²) >= 11 is 12.1. The highest BCUT2D eigenvalue weighted by Gasteiger charge is 2.11. The van der Waals surface area contributed by atoms with Crippen molar-refractivity contribution in [2.45, 2.75) is 26.6 Å². The summed E-state index contributed by atoms with van der Waals surface area (Å²) in [6.07, 6.45) is 1.46. The second-order valence-electron chi connectivity index (χ2n) is 7.42. The van der Waals surface area contributed by atoms with Crippen molar-refractivity contribution in [3.63, 3.8) is 0 Å². The molecule has 7 heteroatoms. The van der Waals surface area contributed by atoms with Crippen LogP contribution in [-0.4, -0.2) is 12.0 Å². The molecule has 0 radical (unpaired) electrons. The van der Waals surface area contributed by atoms with Gasteiger partial charge in [-0.25, -0.2) is 0 Å². The fraction of sp³-hybridized carbons (Fsp3) is 0.154. The van der Waals surface area contributed by atoms with Gasteiger partial charge in [0.1, 0.15) is 29.7 Å². The molecule has 0 spiro atoms. The molecule has 0 aliphatic heterocycles. The van der Waals surface area contributed by atoms with Crippen LogP contribution >= 0.6 is 23.2 Å². The normalized spacial score (nSPS) is 11.1. The van der Waals surface area contributed by atoms with Crippen molar-refractivity contribution in [2.75, 3.05) is 5.32 Å². The minimum Gasteiger partial charge on any atom is -0.489 e. The highest BCUT2D eigenvalue weighted by molar-refractivity contribution is 6.32. The Kier molecular flexibility index (Phi) is 8.37. The summed E-state index contributed by atoms with van der Waals surface area (Å²) in [5.74, 6) is 0.674. The molecule has 0 saturated heterocycles. The molecule has 3 rings (SSSR count). The molecule has 3 aromatic carbocycles. The molecule has 0 aromatic heterocycles. The lowest BCUT2D eigenvalue weighted by Gasteiger charge is -2.11. The Labute approximate surface area is 203 Å². The summed E-state index contributed by atoms with van der Waals surface area (Å²) in [4.78, 5) is 12.6. The zero-order chi connectivity index (χ0) is 23.8. The third-order valence-electron chi connectivity index (χ3n) is 4.43. The Hall–Kier alpha value is -3.46. The van der Waals surface area contributed by atoms with Crippen molar-refractivity contribution in [1.82, 2.24) is 0 Å². The molecule has 1 N–H and O–H groups in total. The number of benzene rings is 3. The van der Waals surface area contributed by atoms with Gasteiger partial charge in [0.2, 0.25) is 0 Å². The molecule has 5 nitrogen and oxygen atoms in total. The molecular weight excluding hydrogens is 459 g/mol. The number of hydrogen-bond acceptors (Lipinski definition) is 4. The SMILES string of the molecule is CC(C)Oc1ccc(/C=C(\C#N)C(=O)Nc2ccc(OCc3ccc(Cl)cc3)cc2)cc1Cl. The van der Waals surface area contributed by atoms with Crippen molar-refractivity contribution in [3.05, 3.63) is 93.5 Å². The lowest BCUT2D eigenvalue weighted by atomic mass is 10.1. The largest absolute Gasteiger partial charge is 0.489 e. The molecule has 0 unspecified atom stereocenters. The summed E-state index contributed by atoms with van der Waals surface area (Å²) in [5.41, 5.74) is 2.10. The van der Waals surface area contributed by atoms with Gasteiger partial charge < -0.3 is 14.8 Å². The predicted octanol–water partition coefficient (Wildman–Crippen LogP) is 6.91. The third-order valence-corrected chi connectivity index (χ3v) is 4.97. The molecule has 33 heavy (non-hydrogen) atoms. The standard InChI is InChI=1S/C26H22Cl2N2O3/c1-17(2)33-25-12-5-19(14-24(25)28)13-20(15-29)26(31)30-22-8-10-23(11-9-22)32-16-18-3-6-21(27)7-4-18/h3-14,17H,16H2,1-2H3,(H,30,31)/b20-13+. The van der Waals surface area contributed by atoms with E-state index in [2.05, 4.69) is 5.32 Å². The summed E-state index contributed by atoms with van der Waals surface area (Å²) in [7, 11) is 0. The Balaban J connectivity index is 1.62. The summed E-state index contributed by atoms with van der Waals surface area (Å²) in [6.45, 7) is 4.20. The Morgan fingerprint density at radius 3 is 2.36 bits per heavy atom. The Morgan fingerprint density at radius 1 is 1.06 bits per heavy atom. The fourth-order valence-corrected chi connectivity index (χ4v) is 3.21. The molecule has 0 aliphatic carbocycles. The first-order valence-corrected chi connectivity index (χ1v) is 11.0. The molecular formula is C26H22Cl2N2O3. The molecule has 0 bridgehead atoms. The van der Waals surface area contributed by atoms with Gasteiger partial charge >= 0.3 is 0 Å². The Bertz CT molecular complexity index is 1180. The quantitative estimate of drug-likeness (QED) is 0.281. The monoisotopic (exact) mass is 480 g/mol. The van der Waals surface area contributed by atoms with Crippen molar-refractivity contribution in [1.29, 1.82) is 5.26 Å². The van der Waals surface area contributed by atoms with E-state index in [0.717, 1.165) is 5.56 Å². The number of nitrogens with one attached hydrogen (secondary N) is 1. The number of carbonyl (C=O) groups is 1. The highest BCUT2D eigenvalue weighted by Crippen LogP contribution is 2.27. The number of rotatable bonds is 8. The van der Waals surface area contributed by atoms with Crippen LogP contribution < -0.4 is 14.8 Å². The van der Waals surface area contributed by atoms with E-state index in [1.165, 1.54) is 6.08 Å². The first kappa shape index (κ1) is 24.2. The first-order valence-electron chi connectivity index (χ1n) is 10.2. The highest BCUT2D eigenvalue weighted by atomic mass is 35.5. The fourth-order valence-electron chi connectivity index (χ4n) is 2.85. The number of hydrogen-bond donors (Lipinski definition) is 1. The van der Waals surface area contributed by atoms with E-state index >= 15 is 0 Å². The molecule has 3 aromatic rings. The van der Waals surface area contributed by atoms with E-state index in [1.54, 1.807) is 54.6 Å². The summed E-state index contributed by atoms with van der Waals surface area (Å²) in [5, 5.41) is 13.2. The van der Waals surface area contributed by atoms with Crippen molar-refractivity contribution in [2.24, 2.45) is 0 Å². The van der Waals surface area contributed by atoms with Gasteiger partial charge in [0.05, 0.1) is 11.1 Å². The number of anilines is 1. The number of amides is 1. The van der Waals surface area contributed by atoms with Crippen LogP contribution in [0.1, 0.15) is 25.0 Å². The van der Waals surface area contributed by atoms with Gasteiger partial charge in [0.25, 0.3) is 5.91 Å².